The first kappa shape index (κ1) is 13.5. The molecule has 0 bridgehead atoms. The zero-order valence-electron chi connectivity index (χ0n) is 10.2. The van der Waals surface area contributed by atoms with Gasteiger partial charge in [0.2, 0.25) is 0 Å². The molecule has 2 rings (SSSR count). The summed E-state index contributed by atoms with van der Waals surface area (Å²) in [5, 5.41) is 0. The average molecular weight is 266 g/mol. The first-order chi connectivity index (χ1) is 9.04. The molecule has 0 aromatic heterocycles. The zero-order valence-corrected chi connectivity index (χ0v) is 10.2. The van der Waals surface area contributed by atoms with Crippen LogP contribution in [-0.2, 0) is 13.0 Å². The van der Waals surface area contributed by atoms with E-state index in [0.29, 0.717) is 0 Å². The van der Waals surface area contributed by atoms with Gasteiger partial charge in [-0.15, -0.1) is 0 Å². The van der Waals surface area contributed by atoms with Crippen LogP contribution >= 0.6 is 0 Å². The minimum Gasteiger partial charge on any atom is -0.489 e. The zero-order chi connectivity index (χ0) is 13.7. The molecule has 0 aliphatic rings. The quantitative estimate of drug-likeness (QED) is 0.798. The maximum Gasteiger partial charge on any atom is 0.393 e. The summed E-state index contributed by atoms with van der Waals surface area (Å²) in [6.45, 7) is 0.260. The lowest BCUT2D eigenvalue weighted by Gasteiger charge is -2.13. The minimum atomic E-state index is -4.23. The number of rotatable bonds is 4. The Morgan fingerprint density at radius 3 is 2.16 bits per heavy atom. The van der Waals surface area contributed by atoms with Crippen molar-refractivity contribution in [3.8, 4) is 5.75 Å². The van der Waals surface area contributed by atoms with E-state index >= 15 is 0 Å². The molecule has 4 heteroatoms. The molecule has 19 heavy (non-hydrogen) atoms. The fourth-order valence-corrected chi connectivity index (χ4v) is 1.74. The highest BCUT2D eigenvalue weighted by Gasteiger charge is 2.29. The smallest absolute Gasteiger partial charge is 0.393 e. The number of halogens is 3. The molecule has 0 N–H and O–H groups in total. The average Bonchev–Trinajstić information content (AvgIpc) is 2.37. The van der Waals surface area contributed by atoms with Gasteiger partial charge in [0.15, 0.2) is 0 Å². The van der Waals surface area contributed by atoms with E-state index in [4.69, 9.17) is 4.74 Å². The summed E-state index contributed by atoms with van der Waals surface area (Å²) in [5.74, 6) is 0.281. The van der Waals surface area contributed by atoms with Gasteiger partial charge >= 0.3 is 6.18 Å². The third kappa shape index (κ3) is 4.32. The van der Waals surface area contributed by atoms with E-state index in [0.717, 1.165) is 5.56 Å². The maximum absolute atomic E-state index is 12.4. The Balaban J connectivity index is 2.08. The molecule has 100 valence electrons. The lowest BCUT2D eigenvalue weighted by molar-refractivity contribution is -0.127. The maximum atomic E-state index is 12.4. The van der Waals surface area contributed by atoms with Gasteiger partial charge in [0.25, 0.3) is 0 Å². The highest BCUT2D eigenvalue weighted by Crippen LogP contribution is 2.27. The summed E-state index contributed by atoms with van der Waals surface area (Å²) in [5.41, 5.74) is 1.08. The van der Waals surface area contributed by atoms with Crippen molar-refractivity contribution in [2.75, 3.05) is 0 Å². The third-order valence-corrected chi connectivity index (χ3v) is 2.60. The number of hydrogen-bond donors (Lipinski definition) is 0. The van der Waals surface area contributed by atoms with Crippen molar-refractivity contribution in [2.24, 2.45) is 0 Å². The Morgan fingerprint density at radius 1 is 0.842 bits per heavy atom. The van der Waals surface area contributed by atoms with E-state index < -0.39 is 12.6 Å². The molecular weight excluding hydrogens is 253 g/mol. The van der Waals surface area contributed by atoms with Crippen LogP contribution in [0, 0.1) is 0 Å². The lowest BCUT2D eigenvalue weighted by Crippen LogP contribution is -2.12. The number of benzene rings is 2. The molecule has 2 aromatic rings. The van der Waals surface area contributed by atoms with Crippen LogP contribution in [0.25, 0.3) is 0 Å². The Hall–Kier alpha value is -1.97. The molecule has 0 unspecified atom stereocenters. The normalized spacial score (nSPS) is 11.3. The van der Waals surface area contributed by atoms with Crippen molar-refractivity contribution >= 4 is 0 Å². The van der Waals surface area contributed by atoms with Crippen LogP contribution in [0.5, 0.6) is 5.75 Å². The molecular formula is C15H13F3O. The highest BCUT2D eigenvalue weighted by molar-refractivity contribution is 5.34. The second-order valence-electron chi connectivity index (χ2n) is 4.17. The summed E-state index contributed by atoms with van der Waals surface area (Å²) in [7, 11) is 0. The summed E-state index contributed by atoms with van der Waals surface area (Å²) in [4.78, 5) is 0. The van der Waals surface area contributed by atoms with Crippen LogP contribution in [0.3, 0.4) is 0 Å². The molecule has 0 spiro atoms. The molecule has 0 aliphatic carbocycles. The molecule has 0 heterocycles. The fourth-order valence-electron chi connectivity index (χ4n) is 1.74. The van der Waals surface area contributed by atoms with Crippen LogP contribution in [0.1, 0.15) is 11.1 Å². The summed E-state index contributed by atoms with van der Waals surface area (Å²) in [6, 6.07) is 15.6. The van der Waals surface area contributed by atoms with Crippen LogP contribution < -0.4 is 4.74 Å². The van der Waals surface area contributed by atoms with Crippen LogP contribution in [0.4, 0.5) is 13.2 Å². The number of ether oxygens (including phenoxy) is 1. The fraction of sp³-hybridized carbons (Fsp3) is 0.200. The van der Waals surface area contributed by atoms with Crippen molar-refractivity contribution in [2.45, 2.75) is 19.2 Å². The Labute approximate surface area is 109 Å². The Kier molecular flexibility index (Phi) is 4.10. The second kappa shape index (κ2) is 5.78. The molecule has 0 radical (unpaired) electrons. The second-order valence-corrected chi connectivity index (χ2v) is 4.17. The SMILES string of the molecule is FC(F)(F)Cc1ccccc1OCc1ccccc1. The van der Waals surface area contributed by atoms with Gasteiger partial charge in [0.05, 0.1) is 6.42 Å². The van der Waals surface area contributed by atoms with E-state index in [9.17, 15) is 13.2 Å². The number of alkyl halides is 3. The Bertz CT molecular complexity index is 520. The van der Waals surface area contributed by atoms with Gasteiger partial charge < -0.3 is 4.74 Å². The van der Waals surface area contributed by atoms with Gasteiger partial charge in [-0.05, 0) is 11.6 Å². The molecule has 0 fully saturated rings. The van der Waals surface area contributed by atoms with Gasteiger partial charge in [0, 0.05) is 5.56 Å². The van der Waals surface area contributed by atoms with E-state index in [1.54, 1.807) is 18.2 Å². The van der Waals surface area contributed by atoms with Crippen LogP contribution in [0.2, 0.25) is 0 Å². The molecule has 0 atom stereocenters. The van der Waals surface area contributed by atoms with E-state index in [2.05, 4.69) is 0 Å². The molecule has 0 amide bonds. The number of para-hydroxylation sites is 1. The predicted octanol–water partition coefficient (Wildman–Crippen LogP) is 4.37. The lowest BCUT2D eigenvalue weighted by atomic mass is 10.1. The van der Waals surface area contributed by atoms with Crippen LogP contribution in [-0.4, -0.2) is 6.18 Å². The minimum absolute atomic E-state index is 0.158. The topological polar surface area (TPSA) is 9.23 Å². The summed E-state index contributed by atoms with van der Waals surface area (Å²) < 4.78 is 42.8. The van der Waals surface area contributed by atoms with Gasteiger partial charge in [-0.25, -0.2) is 0 Å². The van der Waals surface area contributed by atoms with Gasteiger partial charge in [-0.3, -0.25) is 0 Å². The highest BCUT2D eigenvalue weighted by atomic mass is 19.4. The first-order valence-electron chi connectivity index (χ1n) is 5.86. The van der Waals surface area contributed by atoms with Gasteiger partial charge in [-0.2, -0.15) is 13.2 Å². The molecule has 0 saturated carbocycles. The van der Waals surface area contributed by atoms with Crippen molar-refractivity contribution in [3.63, 3.8) is 0 Å². The van der Waals surface area contributed by atoms with Gasteiger partial charge in [0.1, 0.15) is 12.4 Å². The van der Waals surface area contributed by atoms with Crippen molar-refractivity contribution in [1.29, 1.82) is 0 Å². The van der Waals surface area contributed by atoms with Gasteiger partial charge in [-0.1, -0.05) is 48.5 Å². The summed E-state index contributed by atoms with van der Waals surface area (Å²) >= 11 is 0. The van der Waals surface area contributed by atoms with E-state index in [1.807, 2.05) is 30.3 Å². The third-order valence-electron chi connectivity index (χ3n) is 2.60. The Morgan fingerprint density at radius 2 is 1.47 bits per heavy atom. The number of hydrogen-bond acceptors (Lipinski definition) is 1. The van der Waals surface area contributed by atoms with E-state index in [-0.39, 0.29) is 17.9 Å². The molecule has 0 aliphatic heterocycles. The predicted molar refractivity (Wildman–Crippen MR) is 67.0 cm³/mol. The van der Waals surface area contributed by atoms with E-state index in [1.165, 1.54) is 6.07 Å². The first-order valence-corrected chi connectivity index (χ1v) is 5.86. The molecule has 0 saturated heterocycles. The van der Waals surface area contributed by atoms with Crippen molar-refractivity contribution < 1.29 is 17.9 Å². The van der Waals surface area contributed by atoms with Crippen molar-refractivity contribution in [3.05, 3.63) is 65.7 Å². The monoisotopic (exact) mass is 266 g/mol. The van der Waals surface area contributed by atoms with Crippen LogP contribution in [0.15, 0.2) is 54.6 Å². The molecule has 1 nitrogen and oxygen atoms in total. The summed E-state index contributed by atoms with van der Waals surface area (Å²) in [6.07, 6.45) is -5.20. The standard InChI is InChI=1S/C15H13F3O/c16-15(17,18)10-13-8-4-5-9-14(13)19-11-12-6-2-1-3-7-12/h1-9H,10-11H2. The largest absolute Gasteiger partial charge is 0.489 e. The van der Waals surface area contributed by atoms with Crippen molar-refractivity contribution in [1.82, 2.24) is 0 Å². The molecule has 2 aromatic carbocycles.